The lowest BCUT2D eigenvalue weighted by molar-refractivity contribution is -0.0156. The maximum Gasteiger partial charge on any atom is 0.274 e. The number of H-pyrrole nitrogens is 1. The summed E-state index contributed by atoms with van der Waals surface area (Å²) in [5, 5.41) is 7.30. The molecule has 2 aliphatic heterocycles. The van der Waals surface area contributed by atoms with E-state index in [0.29, 0.717) is 18.2 Å². The van der Waals surface area contributed by atoms with Crippen LogP contribution in [0.2, 0.25) is 0 Å². The van der Waals surface area contributed by atoms with E-state index in [-0.39, 0.29) is 11.4 Å². The maximum atomic E-state index is 13.0. The number of hydrogen-bond donors (Lipinski definition) is 2. The summed E-state index contributed by atoms with van der Waals surface area (Å²) in [6.45, 7) is 1.38. The van der Waals surface area contributed by atoms with Crippen molar-refractivity contribution in [1.82, 2.24) is 15.1 Å². The average Bonchev–Trinajstić information content (AvgIpc) is 3.11. The Morgan fingerprint density at radius 3 is 2.75 bits per heavy atom. The minimum atomic E-state index is -0.148. The Kier molecular flexibility index (Phi) is 3.88. The minimum Gasteiger partial charge on any atom is -0.330 e. The quantitative estimate of drug-likeness (QED) is 0.906. The van der Waals surface area contributed by atoms with Gasteiger partial charge in [-0.25, -0.2) is 0 Å². The molecule has 0 radical (unpaired) electrons. The molecule has 3 N–H and O–H groups in total. The molecule has 5 rings (SSSR count). The van der Waals surface area contributed by atoms with Crippen molar-refractivity contribution in [3.63, 3.8) is 0 Å². The summed E-state index contributed by atoms with van der Waals surface area (Å²) < 4.78 is 0. The van der Waals surface area contributed by atoms with Crippen LogP contribution in [0.1, 0.15) is 47.4 Å². The van der Waals surface area contributed by atoms with Crippen LogP contribution in [0, 0.1) is 5.92 Å². The number of aromatic nitrogens is 2. The lowest BCUT2D eigenvalue weighted by Crippen LogP contribution is -2.63. The zero-order chi connectivity index (χ0) is 16.6. The highest BCUT2D eigenvalue weighted by molar-refractivity contribution is 5.93. The van der Waals surface area contributed by atoms with Gasteiger partial charge in [0.1, 0.15) is 5.69 Å². The molecule has 0 unspecified atom stereocenters. The van der Waals surface area contributed by atoms with Crippen LogP contribution in [-0.2, 0) is 6.42 Å². The van der Waals surface area contributed by atoms with Crippen molar-refractivity contribution in [1.29, 1.82) is 0 Å². The van der Waals surface area contributed by atoms with Crippen LogP contribution in [0.4, 0.5) is 0 Å². The van der Waals surface area contributed by atoms with Crippen molar-refractivity contribution in [2.75, 3.05) is 13.1 Å². The van der Waals surface area contributed by atoms with Gasteiger partial charge in [0.15, 0.2) is 0 Å². The van der Waals surface area contributed by atoms with Gasteiger partial charge in [0.05, 0.1) is 5.54 Å². The lowest BCUT2D eigenvalue weighted by Gasteiger charge is -2.54. The van der Waals surface area contributed by atoms with Gasteiger partial charge in [0.2, 0.25) is 0 Å². The van der Waals surface area contributed by atoms with Gasteiger partial charge in [-0.05, 0) is 43.2 Å². The van der Waals surface area contributed by atoms with Gasteiger partial charge >= 0.3 is 0 Å². The Balaban J connectivity index is 1.53. The predicted molar refractivity (Wildman–Crippen MR) is 92.6 cm³/mol. The summed E-state index contributed by atoms with van der Waals surface area (Å²) in [6, 6.07) is 12.1. The van der Waals surface area contributed by atoms with E-state index in [1.807, 2.05) is 29.2 Å². The first-order valence-corrected chi connectivity index (χ1v) is 8.80. The summed E-state index contributed by atoms with van der Waals surface area (Å²) in [7, 11) is 0. The third kappa shape index (κ3) is 2.63. The van der Waals surface area contributed by atoms with Gasteiger partial charge in [-0.2, -0.15) is 5.10 Å². The molecule has 5 heteroatoms. The van der Waals surface area contributed by atoms with Gasteiger partial charge in [0.25, 0.3) is 5.91 Å². The number of rotatable bonds is 4. The number of aromatic amines is 1. The molecule has 3 fully saturated rings. The molecule has 5 nitrogen and oxygen atoms in total. The van der Waals surface area contributed by atoms with Crippen molar-refractivity contribution in [2.45, 2.75) is 37.6 Å². The summed E-state index contributed by atoms with van der Waals surface area (Å²) >= 11 is 0. The highest BCUT2D eigenvalue weighted by atomic mass is 16.2. The Bertz CT molecular complexity index is 716. The predicted octanol–water partition coefficient (Wildman–Crippen LogP) is 2.34. The van der Waals surface area contributed by atoms with E-state index in [1.165, 1.54) is 18.4 Å². The number of nitrogens with zero attached hydrogens (tertiary/aromatic N) is 2. The Labute approximate surface area is 142 Å². The third-order valence-electron chi connectivity index (χ3n) is 5.76. The lowest BCUT2D eigenvalue weighted by atomic mass is 9.70. The molecular formula is C19H24N4O. The fourth-order valence-electron chi connectivity index (χ4n) is 4.25. The van der Waals surface area contributed by atoms with E-state index in [2.05, 4.69) is 22.3 Å². The van der Waals surface area contributed by atoms with E-state index >= 15 is 0 Å². The molecule has 1 aromatic heterocycles. The van der Waals surface area contributed by atoms with Crippen LogP contribution in [0.25, 0.3) is 0 Å². The van der Waals surface area contributed by atoms with Crippen LogP contribution in [0.15, 0.2) is 36.4 Å². The van der Waals surface area contributed by atoms with E-state index in [1.54, 1.807) is 0 Å². The Morgan fingerprint density at radius 1 is 1.29 bits per heavy atom. The van der Waals surface area contributed by atoms with E-state index in [9.17, 15) is 4.79 Å². The number of fused-ring (bicyclic) bond motifs is 3. The second-order valence-electron chi connectivity index (χ2n) is 7.23. The fraction of sp³-hybridized carbons (Fsp3) is 0.474. The summed E-state index contributed by atoms with van der Waals surface area (Å²) in [6.07, 6.45) is 5.20. The first-order valence-electron chi connectivity index (χ1n) is 8.80. The molecule has 0 atom stereocenters. The molecule has 1 amide bonds. The van der Waals surface area contributed by atoms with Crippen LogP contribution in [0.3, 0.4) is 0 Å². The Hall–Kier alpha value is -2.14. The first-order chi connectivity index (χ1) is 11.7. The van der Waals surface area contributed by atoms with Crippen molar-refractivity contribution in [3.8, 4) is 0 Å². The van der Waals surface area contributed by atoms with Crippen LogP contribution in [-0.4, -0.2) is 39.6 Å². The standard InChI is InChI=1S/C19H24N4O/c20-13-19-8-6-15(7-9-19)12-23(19)18(24)17-11-16(21-22-17)10-14-4-2-1-3-5-14/h1-5,11,15H,6-10,12-13,20H2,(H,21,22). The number of nitrogens with two attached hydrogens (primary N) is 1. The highest BCUT2D eigenvalue weighted by Crippen LogP contribution is 2.43. The zero-order valence-corrected chi connectivity index (χ0v) is 13.9. The van der Waals surface area contributed by atoms with Gasteiger partial charge in [-0.1, -0.05) is 30.3 Å². The van der Waals surface area contributed by atoms with Gasteiger partial charge in [0, 0.05) is 25.2 Å². The largest absolute Gasteiger partial charge is 0.330 e. The van der Waals surface area contributed by atoms with E-state index in [4.69, 9.17) is 5.73 Å². The fourth-order valence-corrected chi connectivity index (χ4v) is 4.25. The number of benzene rings is 1. The summed E-state index contributed by atoms with van der Waals surface area (Å²) in [5.41, 5.74) is 8.60. The third-order valence-corrected chi connectivity index (χ3v) is 5.76. The Morgan fingerprint density at radius 2 is 2.04 bits per heavy atom. The maximum absolute atomic E-state index is 13.0. The molecule has 0 spiro atoms. The molecule has 3 heterocycles. The van der Waals surface area contributed by atoms with Crippen molar-refractivity contribution < 1.29 is 4.79 Å². The molecule has 2 saturated heterocycles. The molecule has 2 aromatic rings. The van der Waals surface area contributed by atoms with Crippen LogP contribution in [0.5, 0.6) is 0 Å². The van der Waals surface area contributed by atoms with Gasteiger partial charge < -0.3 is 10.6 Å². The zero-order valence-electron chi connectivity index (χ0n) is 13.9. The number of amides is 1. The highest BCUT2D eigenvalue weighted by Gasteiger charge is 2.47. The van der Waals surface area contributed by atoms with Crippen molar-refractivity contribution in [2.24, 2.45) is 11.7 Å². The average molecular weight is 324 g/mol. The molecule has 1 aromatic carbocycles. The molecular weight excluding hydrogens is 300 g/mol. The molecule has 1 saturated carbocycles. The SMILES string of the molecule is NCC12CCC(CC1)CN2C(=O)c1cc(Cc2ccccc2)[nH]n1. The van der Waals surface area contributed by atoms with E-state index in [0.717, 1.165) is 31.5 Å². The second kappa shape index (κ2) is 6.06. The van der Waals surface area contributed by atoms with Crippen LogP contribution >= 0.6 is 0 Å². The number of nitrogens with one attached hydrogen (secondary N) is 1. The summed E-state index contributed by atoms with van der Waals surface area (Å²) in [5.74, 6) is 0.658. The molecule has 126 valence electrons. The van der Waals surface area contributed by atoms with E-state index < -0.39 is 0 Å². The molecule has 2 bridgehead atoms. The number of carbonyl (C=O) groups excluding carboxylic acids is 1. The monoisotopic (exact) mass is 324 g/mol. The first kappa shape index (κ1) is 15.4. The normalized spacial score (nSPS) is 25.9. The molecule has 1 aliphatic carbocycles. The number of carbonyl (C=O) groups is 1. The topological polar surface area (TPSA) is 75.0 Å². The van der Waals surface area contributed by atoms with Gasteiger partial charge in [-0.3, -0.25) is 9.89 Å². The molecule has 24 heavy (non-hydrogen) atoms. The second-order valence-corrected chi connectivity index (χ2v) is 7.23. The van der Waals surface area contributed by atoms with Gasteiger partial charge in [-0.15, -0.1) is 0 Å². The number of piperidine rings is 2. The smallest absolute Gasteiger partial charge is 0.274 e. The number of hydrogen-bond acceptors (Lipinski definition) is 3. The van der Waals surface area contributed by atoms with Crippen molar-refractivity contribution >= 4 is 5.91 Å². The van der Waals surface area contributed by atoms with Crippen molar-refractivity contribution in [3.05, 3.63) is 53.3 Å². The minimum absolute atomic E-state index is 0.0282. The summed E-state index contributed by atoms with van der Waals surface area (Å²) in [4.78, 5) is 15.0. The van der Waals surface area contributed by atoms with Crippen LogP contribution < -0.4 is 5.73 Å². The molecule has 3 aliphatic rings.